The molecule has 2 atom stereocenters. The molecule has 2 aliphatic carbocycles. The molecule has 0 N–H and O–H groups in total. The zero-order valence-corrected chi connectivity index (χ0v) is 53.2. The maximum atomic E-state index is 2.60. The van der Waals surface area contributed by atoms with Crippen LogP contribution < -0.4 is 9.80 Å². The molecule has 0 aromatic heterocycles. The molecule has 15 rings (SSSR count). The lowest BCUT2D eigenvalue weighted by Crippen LogP contribution is -2.26. The number of hydrogen-bond acceptors (Lipinski definition) is 2. The SMILES string of the molecule is C/C=C\C.Cc1cc(C2=CC=C(N(c3ccc(-c4ccc(-c5ccccc5)cc4)cc3)c3c(-c4ccccc4)cccc3-c3ccccc3)C3(C)CC23)ccc1N(c1ccc(-c2ccc(-c3ccccc3)cc2)cc1)c1c(-c2ccccc2)cccc1-c1ccccc1. The number of para-hydroxylation sites is 2. The highest BCUT2D eigenvalue weighted by atomic mass is 15.2. The van der Waals surface area contributed by atoms with Crippen molar-refractivity contribution in [2.24, 2.45) is 11.3 Å². The fraction of sp³-hybridized carbons (Fsp3) is 0.0769. The van der Waals surface area contributed by atoms with Crippen LogP contribution in [0, 0.1) is 18.3 Å². The lowest BCUT2D eigenvalue weighted by Gasteiger charge is -2.37. The molecule has 93 heavy (non-hydrogen) atoms. The van der Waals surface area contributed by atoms with E-state index in [4.69, 9.17) is 0 Å². The minimum atomic E-state index is -0.158. The number of anilines is 5. The Labute approximate surface area is 549 Å². The zero-order valence-electron chi connectivity index (χ0n) is 53.2. The van der Waals surface area contributed by atoms with Crippen molar-refractivity contribution in [3.05, 3.63) is 375 Å². The van der Waals surface area contributed by atoms with Crippen molar-refractivity contribution in [2.75, 3.05) is 9.80 Å². The van der Waals surface area contributed by atoms with Crippen LogP contribution in [0.2, 0.25) is 0 Å². The van der Waals surface area contributed by atoms with Gasteiger partial charge in [0.05, 0.1) is 11.4 Å². The van der Waals surface area contributed by atoms with Crippen LogP contribution in [-0.2, 0) is 0 Å². The molecule has 0 spiro atoms. The van der Waals surface area contributed by atoms with Crippen LogP contribution in [0.3, 0.4) is 0 Å². The van der Waals surface area contributed by atoms with Gasteiger partial charge in [-0.25, -0.2) is 0 Å². The minimum absolute atomic E-state index is 0.158. The summed E-state index contributed by atoms with van der Waals surface area (Å²) < 4.78 is 0. The Bertz CT molecular complexity index is 4670. The zero-order chi connectivity index (χ0) is 63.1. The summed E-state index contributed by atoms with van der Waals surface area (Å²) in [7, 11) is 0. The second kappa shape index (κ2) is 26.6. The molecule has 0 heterocycles. The van der Waals surface area contributed by atoms with E-state index in [-0.39, 0.29) is 5.41 Å². The van der Waals surface area contributed by atoms with Crippen LogP contribution >= 0.6 is 0 Å². The summed E-state index contributed by atoms with van der Waals surface area (Å²) in [5.41, 5.74) is 29.6. The molecule has 0 bridgehead atoms. The third-order valence-corrected chi connectivity index (χ3v) is 18.7. The largest absolute Gasteiger partial charge is 0.312 e. The molecule has 0 radical (unpaired) electrons. The summed E-state index contributed by atoms with van der Waals surface area (Å²) in [5.74, 6) is 0.301. The number of benzene rings is 13. The molecule has 1 fully saturated rings. The van der Waals surface area contributed by atoms with Crippen molar-refractivity contribution in [2.45, 2.75) is 34.1 Å². The predicted molar refractivity (Wildman–Crippen MR) is 397 cm³/mol. The first-order valence-electron chi connectivity index (χ1n) is 32.6. The molecule has 2 nitrogen and oxygen atoms in total. The van der Waals surface area contributed by atoms with Crippen LogP contribution in [0.15, 0.2) is 364 Å². The molecule has 2 aliphatic rings. The molecule has 2 heteroatoms. The first-order valence-corrected chi connectivity index (χ1v) is 32.6. The van der Waals surface area contributed by atoms with Crippen molar-refractivity contribution < 1.29 is 0 Å². The molecule has 2 unspecified atom stereocenters. The van der Waals surface area contributed by atoms with Crippen LogP contribution in [0.5, 0.6) is 0 Å². The molecule has 13 aromatic rings. The van der Waals surface area contributed by atoms with Gasteiger partial charge >= 0.3 is 0 Å². The summed E-state index contributed by atoms with van der Waals surface area (Å²) >= 11 is 0. The number of fused-ring (bicyclic) bond motifs is 1. The number of rotatable bonds is 15. The van der Waals surface area contributed by atoms with Gasteiger partial charge in [0.15, 0.2) is 0 Å². The van der Waals surface area contributed by atoms with Crippen molar-refractivity contribution in [3.63, 3.8) is 0 Å². The van der Waals surface area contributed by atoms with E-state index in [1.807, 2.05) is 26.0 Å². The number of aryl methyl sites for hydroxylation is 1. The fourth-order valence-corrected chi connectivity index (χ4v) is 13.6. The van der Waals surface area contributed by atoms with E-state index in [0.717, 1.165) is 29.2 Å². The number of nitrogens with zero attached hydrogens (tertiary/aromatic N) is 2. The van der Waals surface area contributed by atoms with E-state index < -0.39 is 0 Å². The average Bonchev–Trinajstić information content (AvgIpc) is 1.59. The Kier molecular flexibility index (Phi) is 17.0. The standard InChI is InChI=1S/C87H66N2.C4H8/c1-61-59-74(51-57-83(61)88(75-52-47-68(48-53-75)66-43-39-64(40-44-66)62-23-9-3-10-24-62)85-78(70-27-13-5-14-28-70)35-21-36-79(85)71-29-15-6-16-30-71)77-56-58-84(87(2)60-82(77)87)89(76-54-49-69(50-55-76)67-45-41-65(42-46-67)63-25-11-4-12-26-63)86-80(72-31-17-7-18-32-72)37-22-38-81(86)73-33-19-8-20-34-73;1-3-4-2/h3-59,82H,60H2,1-2H3;3-4H,1-2H3/b;4-3-. The van der Waals surface area contributed by atoms with E-state index >= 15 is 0 Å². The summed E-state index contributed by atoms with van der Waals surface area (Å²) in [4.78, 5) is 5.12. The normalized spacial score (nSPS) is 14.6. The molecule has 448 valence electrons. The fourth-order valence-electron chi connectivity index (χ4n) is 13.6. The van der Waals surface area contributed by atoms with Gasteiger partial charge in [0, 0.05) is 50.4 Å². The van der Waals surface area contributed by atoms with Crippen molar-refractivity contribution in [1.82, 2.24) is 0 Å². The molecule has 0 aliphatic heterocycles. The van der Waals surface area contributed by atoms with E-state index in [0.29, 0.717) is 5.92 Å². The van der Waals surface area contributed by atoms with Gasteiger partial charge in [-0.15, -0.1) is 0 Å². The van der Waals surface area contributed by atoms with Gasteiger partial charge in [-0.2, -0.15) is 0 Å². The Morgan fingerprint density at radius 2 is 0.591 bits per heavy atom. The van der Waals surface area contributed by atoms with Crippen molar-refractivity contribution >= 4 is 34.0 Å². The highest BCUT2D eigenvalue weighted by Gasteiger charge is 2.58. The van der Waals surface area contributed by atoms with Crippen molar-refractivity contribution in [1.29, 1.82) is 0 Å². The van der Waals surface area contributed by atoms with E-state index in [1.165, 1.54) is 117 Å². The third kappa shape index (κ3) is 12.2. The van der Waals surface area contributed by atoms with Gasteiger partial charge in [0.1, 0.15) is 0 Å². The second-order valence-corrected chi connectivity index (χ2v) is 24.5. The van der Waals surface area contributed by atoms with Gasteiger partial charge in [0.25, 0.3) is 0 Å². The van der Waals surface area contributed by atoms with E-state index in [9.17, 15) is 0 Å². The first-order chi connectivity index (χ1) is 45.8. The Morgan fingerprint density at radius 3 is 0.925 bits per heavy atom. The molecular formula is C91H74N2. The highest BCUT2D eigenvalue weighted by Crippen LogP contribution is 2.67. The molecular weight excluding hydrogens is 1120 g/mol. The minimum Gasteiger partial charge on any atom is -0.312 e. The molecule has 0 saturated heterocycles. The van der Waals surface area contributed by atoms with Crippen LogP contribution in [-0.4, -0.2) is 0 Å². The number of hydrogen-bond donors (Lipinski definition) is 0. The number of allylic oxidation sites excluding steroid dienone is 6. The van der Waals surface area contributed by atoms with Gasteiger partial charge in [0.2, 0.25) is 0 Å². The summed E-state index contributed by atoms with van der Waals surface area (Å²) in [6.45, 7) is 8.79. The van der Waals surface area contributed by atoms with Crippen LogP contribution in [0.1, 0.15) is 38.3 Å². The Morgan fingerprint density at radius 1 is 0.301 bits per heavy atom. The summed E-state index contributed by atoms with van der Waals surface area (Å²) in [5, 5.41) is 0. The average molecular weight is 1200 g/mol. The van der Waals surface area contributed by atoms with Gasteiger partial charge in [-0.05, 0) is 159 Å². The third-order valence-electron chi connectivity index (χ3n) is 18.7. The maximum Gasteiger partial charge on any atom is 0.0618 e. The lowest BCUT2D eigenvalue weighted by atomic mass is 9.85. The van der Waals surface area contributed by atoms with Crippen molar-refractivity contribution in [3.8, 4) is 89.0 Å². The lowest BCUT2D eigenvalue weighted by molar-refractivity contribution is 0.630. The second-order valence-electron chi connectivity index (χ2n) is 24.5. The highest BCUT2D eigenvalue weighted by molar-refractivity contribution is 6.00. The molecule has 13 aromatic carbocycles. The Hall–Kier alpha value is -11.3. The van der Waals surface area contributed by atoms with Gasteiger partial charge in [-0.3, -0.25) is 0 Å². The molecule has 1 saturated carbocycles. The van der Waals surface area contributed by atoms with E-state index in [2.05, 4.69) is 369 Å². The predicted octanol–water partition coefficient (Wildman–Crippen LogP) is 25.5. The first kappa shape index (κ1) is 59.3. The van der Waals surface area contributed by atoms with Crippen LogP contribution in [0.4, 0.5) is 28.4 Å². The summed E-state index contributed by atoms with van der Waals surface area (Å²) in [6.07, 6.45) is 9.91. The monoisotopic (exact) mass is 1190 g/mol. The Balaban J connectivity index is 0.00000182. The van der Waals surface area contributed by atoms with Gasteiger partial charge in [-0.1, -0.05) is 322 Å². The maximum absolute atomic E-state index is 2.60. The topological polar surface area (TPSA) is 6.48 Å². The van der Waals surface area contributed by atoms with E-state index in [1.54, 1.807) is 0 Å². The smallest absolute Gasteiger partial charge is 0.0618 e. The molecule has 0 amide bonds. The summed E-state index contributed by atoms with van der Waals surface area (Å²) in [6, 6.07) is 122. The van der Waals surface area contributed by atoms with Crippen LogP contribution in [0.25, 0.3) is 94.6 Å². The quantitative estimate of drug-likeness (QED) is 0.0944. The van der Waals surface area contributed by atoms with Gasteiger partial charge < -0.3 is 9.80 Å².